The van der Waals surface area contributed by atoms with Crippen LogP contribution in [-0.4, -0.2) is 0 Å². The fourth-order valence-corrected chi connectivity index (χ4v) is 5.58. The minimum Gasteiger partial charge on any atom is -0.454 e. The molecular formula is C36H32F2NO+. The number of rotatable bonds is 3. The summed E-state index contributed by atoms with van der Waals surface area (Å²) in [6, 6.07) is 25.6. The number of benzene rings is 4. The fourth-order valence-electron chi connectivity index (χ4n) is 5.58. The van der Waals surface area contributed by atoms with Crippen molar-refractivity contribution in [1.29, 1.82) is 0 Å². The maximum atomic E-state index is 15.5. The molecule has 0 unspecified atom stereocenters. The van der Waals surface area contributed by atoms with Crippen molar-refractivity contribution in [1.82, 2.24) is 0 Å². The Kier molecular flexibility index (Phi) is 6.10. The van der Waals surface area contributed by atoms with Crippen LogP contribution in [0.15, 0.2) is 89.5 Å². The Labute approximate surface area is 233 Å². The van der Waals surface area contributed by atoms with Crippen LogP contribution >= 0.6 is 0 Å². The molecule has 0 fully saturated rings. The first-order valence-electron chi connectivity index (χ1n) is 13.5. The Balaban J connectivity index is 1.56. The van der Waals surface area contributed by atoms with Gasteiger partial charge < -0.3 is 4.42 Å². The Morgan fingerprint density at radius 1 is 0.650 bits per heavy atom. The number of nitrogens with zero attached hydrogens (tertiary/aromatic N) is 1. The first-order valence-corrected chi connectivity index (χ1v) is 13.5. The van der Waals surface area contributed by atoms with Crippen molar-refractivity contribution in [2.24, 2.45) is 7.05 Å². The summed E-state index contributed by atoms with van der Waals surface area (Å²) in [7, 11) is 1.84. The van der Waals surface area contributed by atoms with Crippen LogP contribution in [0.3, 0.4) is 0 Å². The topological polar surface area (TPSA) is 17.0 Å². The summed E-state index contributed by atoms with van der Waals surface area (Å²) in [5.74, 6) is -0.582. The highest BCUT2D eigenvalue weighted by molar-refractivity contribution is 6.13. The monoisotopic (exact) mass is 532 g/mol. The molecule has 2 nitrogen and oxygen atoms in total. The van der Waals surface area contributed by atoms with E-state index in [1.165, 1.54) is 17.8 Å². The summed E-state index contributed by atoms with van der Waals surface area (Å²) in [5, 5.41) is 1.74. The van der Waals surface area contributed by atoms with Gasteiger partial charge in [0, 0.05) is 22.4 Å². The third kappa shape index (κ3) is 4.28. The number of aromatic nitrogens is 1. The van der Waals surface area contributed by atoms with Crippen LogP contribution in [0.5, 0.6) is 0 Å². The summed E-state index contributed by atoms with van der Waals surface area (Å²) in [6.45, 7) is 10.1. The zero-order valence-electron chi connectivity index (χ0n) is 23.7. The van der Waals surface area contributed by atoms with Crippen molar-refractivity contribution < 1.29 is 17.8 Å². The molecule has 200 valence electrons. The van der Waals surface area contributed by atoms with Gasteiger partial charge in [0.2, 0.25) is 11.9 Å². The van der Waals surface area contributed by atoms with Crippen molar-refractivity contribution in [2.75, 3.05) is 0 Å². The molecule has 6 rings (SSSR count). The van der Waals surface area contributed by atoms with Gasteiger partial charge in [0.1, 0.15) is 24.0 Å². The van der Waals surface area contributed by atoms with Gasteiger partial charge in [-0.25, -0.2) is 8.78 Å². The van der Waals surface area contributed by atoms with Gasteiger partial charge in [0.15, 0.2) is 5.82 Å². The first-order chi connectivity index (χ1) is 19.0. The van der Waals surface area contributed by atoms with Crippen LogP contribution < -0.4 is 4.57 Å². The molecule has 0 atom stereocenters. The lowest BCUT2D eigenvalue weighted by Gasteiger charge is -2.19. The van der Waals surface area contributed by atoms with Gasteiger partial charge in [-0.05, 0) is 53.6 Å². The molecule has 0 radical (unpaired) electrons. The Hall–Kier alpha value is -4.31. The second-order valence-electron chi connectivity index (χ2n) is 11.8. The van der Waals surface area contributed by atoms with Crippen molar-refractivity contribution in [3.8, 4) is 33.5 Å². The molecule has 2 aromatic heterocycles. The second-order valence-corrected chi connectivity index (χ2v) is 11.8. The normalized spacial score (nSPS) is 12.0. The van der Waals surface area contributed by atoms with Gasteiger partial charge in [-0.2, -0.15) is 4.57 Å². The van der Waals surface area contributed by atoms with E-state index in [1.807, 2.05) is 77.2 Å². The zero-order chi connectivity index (χ0) is 28.3. The van der Waals surface area contributed by atoms with Crippen molar-refractivity contribution in [3.63, 3.8) is 0 Å². The number of halogens is 2. The highest BCUT2D eigenvalue weighted by atomic mass is 19.1. The van der Waals surface area contributed by atoms with Gasteiger partial charge >= 0.3 is 0 Å². The third-order valence-electron chi connectivity index (χ3n) is 7.82. The molecule has 4 heteroatoms. The minimum atomic E-state index is -0.371. The fraction of sp³-hybridized carbons (Fsp3) is 0.194. The van der Waals surface area contributed by atoms with E-state index < -0.39 is 0 Å². The number of hydrogen-bond donors (Lipinski definition) is 0. The van der Waals surface area contributed by atoms with Gasteiger partial charge in [-0.15, -0.1) is 0 Å². The average Bonchev–Trinajstić information content (AvgIpc) is 3.27. The van der Waals surface area contributed by atoms with E-state index in [0.29, 0.717) is 22.3 Å². The van der Waals surface area contributed by atoms with Crippen molar-refractivity contribution in [3.05, 3.63) is 113 Å². The molecule has 0 aliphatic rings. The molecule has 0 N–H and O–H groups in total. The van der Waals surface area contributed by atoms with Gasteiger partial charge in [-0.1, -0.05) is 87.0 Å². The molecule has 0 aliphatic heterocycles. The van der Waals surface area contributed by atoms with Crippen LogP contribution in [0.2, 0.25) is 0 Å². The zero-order valence-corrected chi connectivity index (χ0v) is 23.7. The quantitative estimate of drug-likeness (QED) is 0.207. The second kappa shape index (κ2) is 9.41. The number of fused-ring (bicyclic) bond motifs is 3. The molecular weight excluding hydrogens is 500 g/mol. The van der Waals surface area contributed by atoms with Crippen molar-refractivity contribution in [2.45, 2.75) is 40.0 Å². The molecule has 2 heterocycles. The highest BCUT2D eigenvalue weighted by Crippen LogP contribution is 2.42. The lowest BCUT2D eigenvalue weighted by molar-refractivity contribution is -0.662. The molecule has 0 spiro atoms. The largest absolute Gasteiger partial charge is 0.454 e. The highest BCUT2D eigenvalue weighted by Gasteiger charge is 2.28. The third-order valence-corrected chi connectivity index (χ3v) is 7.82. The molecule has 0 saturated carbocycles. The molecule has 4 aromatic carbocycles. The van der Waals surface area contributed by atoms with E-state index in [0.717, 1.165) is 44.3 Å². The van der Waals surface area contributed by atoms with Gasteiger partial charge in [0.05, 0.1) is 11.1 Å². The lowest BCUT2D eigenvalue weighted by atomic mass is 9.86. The predicted molar refractivity (Wildman–Crippen MR) is 159 cm³/mol. The summed E-state index contributed by atoms with van der Waals surface area (Å²) in [4.78, 5) is 0. The minimum absolute atomic E-state index is 0.244. The van der Waals surface area contributed by atoms with Crippen LogP contribution in [0.4, 0.5) is 8.78 Å². The molecule has 0 amide bonds. The summed E-state index contributed by atoms with van der Waals surface area (Å²) in [6.07, 6.45) is 1.53. The standard InChI is InChI=1S/C36H32F2NO/c1-21-7-10-23(11-8-21)24-12-14-25(15-13-24)33-29(37)18-17-27-26-16-9-22(2)32(34(26)40-35(27)33)31-19-28(36(3,4)5)30(38)20-39(31)6/h7-20H,1-6H3/q+1. The SMILES string of the molecule is Cc1ccc(-c2ccc(-c3c(F)ccc4c3oc3c(-c5cc(C(C)(C)C)c(F)c[n+]5C)c(C)ccc34)cc2)cc1. The van der Waals surface area contributed by atoms with Crippen molar-refractivity contribution >= 4 is 21.9 Å². The van der Waals surface area contributed by atoms with E-state index in [-0.39, 0.29) is 17.0 Å². The lowest BCUT2D eigenvalue weighted by Crippen LogP contribution is -2.33. The Morgan fingerprint density at radius 3 is 1.82 bits per heavy atom. The molecule has 6 aromatic rings. The molecule has 0 bridgehead atoms. The van der Waals surface area contributed by atoms with Gasteiger partial charge in [-0.3, -0.25) is 0 Å². The van der Waals surface area contributed by atoms with E-state index in [4.69, 9.17) is 4.42 Å². The van der Waals surface area contributed by atoms with E-state index >= 15 is 4.39 Å². The number of aryl methyl sites for hydroxylation is 3. The molecule has 0 aliphatic carbocycles. The Bertz CT molecular complexity index is 1910. The summed E-state index contributed by atoms with van der Waals surface area (Å²) >= 11 is 0. The average molecular weight is 533 g/mol. The van der Waals surface area contributed by atoms with Gasteiger partial charge in [0.25, 0.3) is 0 Å². The maximum absolute atomic E-state index is 15.5. The van der Waals surface area contributed by atoms with E-state index in [1.54, 1.807) is 10.6 Å². The van der Waals surface area contributed by atoms with Crippen LogP contribution in [0, 0.1) is 25.5 Å². The first kappa shape index (κ1) is 25.9. The number of pyridine rings is 1. The maximum Gasteiger partial charge on any atom is 0.216 e. The number of hydrogen-bond acceptors (Lipinski definition) is 1. The molecule has 0 saturated heterocycles. The number of furan rings is 1. The van der Waals surface area contributed by atoms with Crippen LogP contribution in [0.1, 0.15) is 37.5 Å². The predicted octanol–water partition coefficient (Wildman–Crippen LogP) is 9.60. The summed E-state index contributed by atoms with van der Waals surface area (Å²) in [5.41, 5.74) is 8.73. The van der Waals surface area contributed by atoms with E-state index in [9.17, 15) is 4.39 Å². The van der Waals surface area contributed by atoms with Crippen LogP contribution in [0.25, 0.3) is 55.4 Å². The smallest absolute Gasteiger partial charge is 0.216 e. The van der Waals surface area contributed by atoms with E-state index in [2.05, 4.69) is 31.2 Å². The summed E-state index contributed by atoms with van der Waals surface area (Å²) < 4.78 is 38.8. The van der Waals surface area contributed by atoms with Crippen LogP contribution in [-0.2, 0) is 12.5 Å². The Morgan fingerprint density at radius 2 is 1.20 bits per heavy atom. The molecule has 40 heavy (non-hydrogen) atoms.